The van der Waals surface area contributed by atoms with Gasteiger partial charge in [-0.15, -0.1) is 0 Å². The van der Waals surface area contributed by atoms with Gasteiger partial charge in [-0.1, -0.05) is 40.3 Å². The van der Waals surface area contributed by atoms with Crippen molar-refractivity contribution in [3.05, 3.63) is 64.9 Å². The van der Waals surface area contributed by atoms with Crippen LogP contribution in [-0.2, 0) is 0 Å². The van der Waals surface area contributed by atoms with Gasteiger partial charge in [0.1, 0.15) is 5.69 Å². The van der Waals surface area contributed by atoms with E-state index in [0.717, 1.165) is 11.1 Å². The van der Waals surface area contributed by atoms with Gasteiger partial charge in [0.25, 0.3) is 0 Å². The molecule has 0 aliphatic heterocycles. The lowest BCUT2D eigenvalue weighted by Gasteiger charge is -2.00. The Labute approximate surface area is 101 Å². The molecule has 0 heterocycles. The van der Waals surface area contributed by atoms with E-state index in [1.54, 1.807) is 12.1 Å². The minimum absolute atomic E-state index is 0.538. The molecule has 0 fully saturated rings. The van der Waals surface area contributed by atoms with Crippen molar-refractivity contribution in [1.82, 2.24) is 0 Å². The Kier molecular flexibility index (Phi) is 3.19. The number of hydrogen-bond acceptors (Lipinski definition) is 2. The highest BCUT2D eigenvalue weighted by Gasteiger charge is 2.02. The van der Waals surface area contributed by atoms with E-state index in [9.17, 15) is 5.21 Å². The second kappa shape index (κ2) is 4.78. The molecule has 0 bridgehead atoms. The van der Waals surface area contributed by atoms with Crippen LogP contribution in [0, 0.1) is 19.1 Å². The predicted molar refractivity (Wildman–Crippen MR) is 67.7 cm³/mol. The maximum Gasteiger partial charge on any atom is 0.244 e. The largest absolute Gasteiger partial charge is 0.594 e. The molecule has 0 saturated heterocycles. The number of aryl methyl sites for hydroxylation is 2. The highest BCUT2D eigenvalue weighted by Crippen LogP contribution is 2.18. The summed E-state index contributed by atoms with van der Waals surface area (Å²) in [5, 5.41) is 15.7. The lowest BCUT2D eigenvalue weighted by molar-refractivity contribution is -0.435. The summed E-state index contributed by atoms with van der Waals surface area (Å²) in [6, 6.07) is 14.8. The molecule has 17 heavy (non-hydrogen) atoms. The van der Waals surface area contributed by atoms with Crippen LogP contribution in [0.5, 0.6) is 0 Å². The molecular formula is C14H14N2O. The SMILES string of the molecule is Cc1ccc(/N=[N+](/[O-])c2ccc(C)cc2)cc1. The fraction of sp³-hybridized carbons (Fsp3) is 0.143. The number of rotatable bonds is 2. The van der Waals surface area contributed by atoms with Gasteiger partial charge in [0, 0.05) is 17.2 Å². The lowest BCUT2D eigenvalue weighted by Crippen LogP contribution is -1.90. The first-order valence-corrected chi connectivity index (χ1v) is 5.47. The molecule has 0 N–H and O–H groups in total. The molecule has 0 saturated carbocycles. The van der Waals surface area contributed by atoms with E-state index in [1.165, 1.54) is 0 Å². The van der Waals surface area contributed by atoms with Gasteiger partial charge in [-0.3, -0.25) is 0 Å². The Morgan fingerprint density at radius 1 is 0.824 bits per heavy atom. The quantitative estimate of drug-likeness (QED) is 0.429. The van der Waals surface area contributed by atoms with Crippen molar-refractivity contribution in [1.29, 1.82) is 0 Å². The fourth-order valence-electron chi connectivity index (χ4n) is 1.45. The van der Waals surface area contributed by atoms with Crippen molar-refractivity contribution in [2.45, 2.75) is 13.8 Å². The number of azo groups is 1. The summed E-state index contributed by atoms with van der Waals surface area (Å²) in [6.45, 7) is 3.98. The van der Waals surface area contributed by atoms with Gasteiger partial charge in [-0.05, 0) is 26.0 Å². The van der Waals surface area contributed by atoms with Crippen LogP contribution in [0.2, 0.25) is 0 Å². The summed E-state index contributed by atoms with van der Waals surface area (Å²) >= 11 is 0. The Balaban J connectivity index is 2.27. The van der Waals surface area contributed by atoms with Crippen molar-refractivity contribution in [3.8, 4) is 0 Å². The van der Waals surface area contributed by atoms with Gasteiger partial charge in [-0.25, -0.2) is 0 Å². The van der Waals surface area contributed by atoms with Gasteiger partial charge in [0.05, 0.1) is 0 Å². The lowest BCUT2D eigenvalue weighted by atomic mass is 10.2. The molecule has 0 aliphatic carbocycles. The normalized spacial score (nSPS) is 11.5. The summed E-state index contributed by atoms with van der Waals surface area (Å²) in [6.07, 6.45) is 0. The monoisotopic (exact) mass is 226 g/mol. The van der Waals surface area contributed by atoms with Gasteiger partial charge >= 0.3 is 0 Å². The van der Waals surface area contributed by atoms with Crippen LogP contribution in [0.25, 0.3) is 0 Å². The number of nitrogens with zero attached hydrogens (tertiary/aromatic N) is 2. The van der Waals surface area contributed by atoms with Crippen LogP contribution in [0.1, 0.15) is 11.1 Å². The van der Waals surface area contributed by atoms with Crippen molar-refractivity contribution < 1.29 is 4.86 Å². The van der Waals surface area contributed by atoms with E-state index in [-0.39, 0.29) is 0 Å². The van der Waals surface area contributed by atoms with Gasteiger partial charge < -0.3 is 5.21 Å². The highest BCUT2D eigenvalue weighted by atomic mass is 16.5. The molecule has 2 aromatic rings. The summed E-state index contributed by atoms with van der Waals surface area (Å²) < 4.78 is 0. The first-order chi connectivity index (χ1) is 8.15. The molecule has 3 nitrogen and oxygen atoms in total. The molecule has 0 aromatic heterocycles. The Morgan fingerprint density at radius 2 is 1.29 bits per heavy atom. The molecule has 0 radical (unpaired) electrons. The van der Waals surface area contributed by atoms with Crippen molar-refractivity contribution >= 4 is 11.4 Å². The van der Waals surface area contributed by atoms with Crippen LogP contribution in [0.4, 0.5) is 11.4 Å². The maximum absolute atomic E-state index is 11.8. The second-order valence-corrected chi connectivity index (χ2v) is 4.04. The highest BCUT2D eigenvalue weighted by molar-refractivity contribution is 5.38. The first-order valence-electron chi connectivity index (χ1n) is 5.47. The minimum atomic E-state index is 0.538. The van der Waals surface area contributed by atoms with Crippen LogP contribution < -0.4 is 0 Å². The summed E-state index contributed by atoms with van der Waals surface area (Å²) in [4.78, 5) is 0.643. The molecule has 2 rings (SSSR count). The maximum atomic E-state index is 11.8. The average molecular weight is 226 g/mol. The van der Waals surface area contributed by atoms with Gasteiger partial charge in [-0.2, -0.15) is 0 Å². The Morgan fingerprint density at radius 3 is 1.82 bits per heavy atom. The molecular weight excluding hydrogens is 212 g/mol. The predicted octanol–water partition coefficient (Wildman–Crippen LogP) is 4.23. The third kappa shape index (κ3) is 2.91. The van der Waals surface area contributed by atoms with Crippen molar-refractivity contribution in [2.75, 3.05) is 0 Å². The number of benzene rings is 2. The van der Waals surface area contributed by atoms with Gasteiger partial charge in [0.2, 0.25) is 5.69 Å². The van der Waals surface area contributed by atoms with Crippen LogP contribution in [0.3, 0.4) is 0 Å². The summed E-state index contributed by atoms with van der Waals surface area (Å²) in [7, 11) is 0. The molecule has 3 heteroatoms. The average Bonchev–Trinajstić information content (AvgIpc) is 2.33. The second-order valence-electron chi connectivity index (χ2n) is 4.04. The molecule has 0 amide bonds. The molecule has 86 valence electrons. The van der Waals surface area contributed by atoms with E-state index >= 15 is 0 Å². The van der Waals surface area contributed by atoms with Gasteiger partial charge in [0.15, 0.2) is 0 Å². The summed E-state index contributed by atoms with van der Waals surface area (Å²) in [5.74, 6) is 0. The van der Waals surface area contributed by atoms with E-state index in [2.05, 4.69) is 5.11 Å². The zero-order chi connectivity index (χ0) is 12.3. The van der Waals surface area contributed by atoms with Crippen molar-refractivity contribution in [2.24, 2.45) is 5.11 Å². The zero-order valence-corrected chi connectivity index (χ0v) is 9.92. The van der Waals surface area contributed by atoms with E-state index < -0.39 is 0 Å². The third-order valence-corrected chi connectivity index (χ3v) is 2.50. The smallest absolute Gasteiger partial charge is 0.244 e. The molecule has 0 aliphatic rings. The molecule has 0 spiro atoms. The van der Waals surface area contributed by atoms with E-state index in [4.69, 9.17) is 0 Å². The topological polar surface area (TPSA) is 38.4 Å². The van der Waals surface area contributed by atoms with Crippen LogP contribution in [0.15, 0.2) is 53.6 Å². The van der Waals surface area contributed by atoms with Crippen LogP contribution >= 0.6 is 0 Å². The minimum Gasteiger partial charge on any atom is -0.594 e. The van der Waals surface area contributed by atoms with Crippen LogP contribution in [-0.4, -0.2) is 4.86 Å². The Hall–Kier alpha value is -2.16. The first kappa shape index (κ1) is 11.3. The molecule has 0 unspecified atom stereocenters. The zero-order valence-electron chi connectivity index (χ0n) is 9.92. The van der Waals surface area contributed by atoms with Crippen molar-refractivity contribution in [3.63, 3.8) is 0 Å². The number of hydrogen-bond donors (Lipinski definition) is 0. The Bertz CT molecular complexity index is 527. The third-order valence-electron chi connectivity index (χ3n) is 2.50. The molecule has 2 aromatic carbocycles. The fourth-order valence-corrected chi connectivity index (χ4v) is 1.45. The van der Waals surface area contributed by atoms with E-state index in [1.807, 2.05) is 50.2 Å². The van der Waals surface area contributed by atoms with E-state index in [0.29, 0.717) is 16.2 Å². The molecule has 0 atom stereocenters. The summed E-state index contributed by atoms with van der Waals surface area (Å²) in [5.41, 5.74) is 3.47. The standard InChI is InChI=1S/C14H14N2O/c1-11-3-7-13(8-4-11)15-16(17)14-9-5-12(2)6-10-14/h3-10H,1-2H3/b16-15+.